The molecular weight excluding hydrogens is 566 g/mol. The maximum absolute atomic E-state index is 13.0. The third-order valence-electron chi connectivity index (χ3n) is 7.52. The first kappa shape index (κ1) is 26.1. The first-order valence-electron chi connectivity index (χ1n) is 13.6. The second-order valence-electron chi connectivity index (χ2n) is 10.2. The molecule has 5 aromatic rings. The number of hydrogen-bond donors (Lipinski definition) is 3. The number of rotatable bonds is 7. The summed E-state index contributed by atoms with van der Waals surface area (Å²) in [4.78, 5) is 17.7. The van der Waals surface area contributed by atoms with Crippen molar-refractivity contribution in [1.29, 1.82) is 0 Å². The highest BCUT2D eigenvalue weighted by Crippen LogP contribution is 2.33. The summed E-state index contributed by atoms with van der Waals surface area (Å²) >= 11 is 3.52. The highest BCUT2D eigenvalue weighted by atomic mass is 79.9. The molecule has 40 heavy (non-hydrogen) atoms. The van der Waals surface area contributed by atoms with E-state index in [1.54, 1.807) is 22.8 Å². The monoisotopic (exact) mass is 595 g/mol. The molecule has 1 saturated carbocycles. The third-order valence-corrected chi connectivity index (χ3v) is 8.08. The largest absolute Gasteiger partial charge is 0.507 e. The third kappa shape index (κ3) is 5.58. The van der Waals surface area contributed by atoms with Gasteiger partial charge in [-0.15, -0.1) is 0 Å². The zero-order valence-corrected chi connectivity index (χ0v) is 23.6. The summed E-state index contributed by atoms with van der Waals surface area (Å²) in [6.45, 7) is 0.497. The minimum Gasteiger partial charge on any atom is -0.507 e. The van der Waals surface area contributed by atoms with Crippen LogP contribution in [0.1, 0.15) is 59.5 Å². The number of para-hydroxylation sites is 1. The van der Waals surface area contributed by atoms with Crippen LogP contribution in [0, 0.1) is 0 Å². The van der Waals surface area contributed by atoms with E-state index in [4.69, 9.17) is 4.98 Å². The minimum absolute atomic E-state index is 0.121. The molecule has 1 aliphatic rings. The maximum Gasteiger partial charge on any atom is 0.255 e. The van der Waals surface area contributed by atoms with E-state index in [9.17, 15) is 9.90 Å². The zero-order chi connectivity index (χ0) is 27.5. The van der Waals surface area contributed by atoms with Crippen LogP contribution in [0.3, 0.4) is 0 Å². The van der Waals surface area contributed by atoms with Crippen LogP contribution in [0.5, 0.6) is 5.75 Å². The van der Waals surface area contributed by atoms with Gasteiger partial charge in [-0.3, -0.25) is 4.79 Å². The molecular formula is C32H30BrN5O2. The number of carbonyl (C=O) groups excluding carboxylic acids is 1. The normalized spacial score (nSPS) is 13.8. The van der Waals surface area contributed by atoms with E-state index in [2.05, 4.69) is 43.8 Å². The van der Waals surface area contributed by atoms with Gasteiger partial charge in [0.05, 0.1) is 16.4 Å². The average molecular weight is 597 g/mol. The molecule has 1 fully saturated rings. The van der Waals surface area contributed by atoms with E-state index in [0.29, 0.717) is 34.9 Å². The number of carbonyl (C=O) groups is 1. The van der Waals surface area contributed by atoms with Crippen LogP contribution >= 0.6 is 15.9 Å². The molecule has 7 nitrogen and oxygen atoms in total. The maximum atomic E-state index is 13.0. The standard InChI is InChI=1S/C32H30BrN5O2/c33-27-20-35-38-30(18-28(37-31(27)38)26-11-4-5-12-29(26)39)34-19-21-7-6-10-25(17-21)36-32(40)24-15-13-23(14-16-24)22-8-2-1-3-9-22/h4-7,10-18,20,22,34,39H,1-3,8-9,19H2,(H,36,40). The van der Waals surface area contributed by atoms with Crippen molar-refractivity contribution in [1.82, 2.24) is 14.6 Å². The van der Waals surface area contributed by atoms with Gasteiger partial charge in [-0.1, -0.05) is 55.7 Å². The number of amides is 1. The molecule has 0 aliphatic heterocycles. The molecule has 202 valence electrons. The first-order chi connectivity index (χ1) is 19.5. The van der Waals surface area contributed by atoms with Crippen molar-refractivity contribution in [3.05, 3.63) is 106 Å². The number of anilines is 2. The summed E-state index contributed by atoms with van der Waals surface area (Å²) in [5.41, 5.74) is 5.62. The molecule has 0 atom stereocenters. The molecule has 0 radical (unpaired) electrons. The quantitative estimate of drug-likeness (QED) is 0.179. The van der Waals surface area contributed by atoms with Crippen LogP contribution in [-0.4, -0.2) is 25.6 Å². The Morgan fingerprint density at radius 3 is 2.58 bits per heavy atom. The highest BCUT2D eigenvalue weighted by Gasteiger charge is 2.17. The van der Waals surface area contributed by atoms with Gasteiger partial charge in [0.1, 0.15) is 11.6 Å². The topological polar surface area (TPSA) is 91.5 Å². The lowest BCUT2D eigenvalue weighted by molar-refractivity contribution is 0.102. The van der Waals surface area contributed by atoms with Crippen molar-refractivity contribution >= 4 is 39.0 Å². The molecule has 8 heteroatoms. The number of fused-ring (bicyclic) bond motifs is 1. The van der Waals surface area contributed by atoms with Crippen molar-refractivity contribution in [2.75, 3.05) is 10.6 Å². The van der Waals surface area contributed by atoms with Crippen molar-refractivity contribution in [2.45, 2.75) is 44.6 Å². The van der Waals surface area contributed by atoms with Crippen LogP contribution < -0.4 is 10.6 Å². The molecule has 1 aliphatic carbocycles. The Morgan fingerprint density at radius 1 is 0.975 bits per heavy atom. The Labute approximate surface area is 241 Å². The minimum atomic E-state index is -0.121. The van der Waals surface area contributed by atoms with Crippen molar-refractivity contribution in [3.8, 4) is 17.0 Å². The van der Waals surface area contributed by atoms with E-state index in [1.165, 1.54) is 37.7 Å². The van der Waals surface area contributed by atoms with Gasteiger partial charge in [-0.2, -0.15) is 9.61 Å². The molecule has 1 amide bonds. The second-order valence-corrected chi connectivity index (χ2v) is 11.1. The molecule has 6 rings (SSSR count). The molecule has 3 aromatic carbocycles. The van der Waals surface area contributed by atoms with E-state index < -0.39 is 0 Å². The van der Waals surface area contributed by atoms with Crippen LogP contribution in [0.15, 0.2) is 89.5 Å². The number of benzene rings is 3. The fraction of sp³-hybridized carbons (Fsp3) is 0.219. The van der Waals surface area contributed by atoms with Crippen LogP contribution in [0.25, 0.3) is 16.9 Å². The number of nitrogens with zero attached hydrogens (tertiary/aromatic N) is 3. The SMILES string of the molecule is O=C(Nc1cccc(CNc2cc(-c3ccccc3O)nc3c(Br)cnn23)c1)c1ccc(C2CCCCC2)cc1. The predicted octanol–water partition coefficient (Wildman–Crippen LogP) is 7.78. The Balaban J connectivity index is 1.17. The lowest BCUT2D eigenvalue weighted by Crippen LogP contribution is -2.13. The predicted molar refractivity (Wildman–Crippen MR) is 162 cm³/mol. The van der Waals surface area contributed by atoms with Gasteiger partial charge in [0, 0.05) is 29.4 Å². The number of aromatic hydroxyl groups is 1. The molecule has 3 N–H and O–H groups in total. The van der Waals surface area contributed by atoms with Gasteiger partial charge in [0.15, 0.2) is 5.65 Å². The molecule has 0 bridgehead atoms. The Bertz CT molecular complexity index is 1660. The summed E-state index contributed by atoms with van der Waals surface area (Å²) in [5.74, 6) is 1.38. The van der Waals surface area contributed by atoms with Gasteiger partial charge < -0.3 is 15.7 Å². The van der Waals surface area contributed by atoms with Gasteiger partial charge in [0.25, 0.3) is 5.91 Å². The van der Waals surface area contributed by atoms with Crippen molar-refractivity contribution in [2.24, 2.45) is 0 Å². The van der Waals surface area contributed by atoms with E-state index in [1.807, 2.05) is 54.6 Å². The van der Waals surface area contributed by atoms with Crippen LogP contribution in [-0.2, 0) is 6.54 Å². The zero-order valence-electron chi connectivity index (χ0n) is 22.0. The lowest BCUT2D eigenvalue weighted by Gasteiger charge is -2.22. The number of phenolic OH excluding ortho intramolecular Hbond substituents is 1. The smallest absolute Gasteiger partial charge is 0.255 e. The first-order valence-corrected chi connectivity index (χ1v) is 14.4. The fourth-order valence-corrected chi connectivity index (χ4v) is 5.74. The summed E-state index contributed by atoms with van der Waals surface area (Å²) in [7, 11) is 0. The molecule has 0 saturated heterocycles. The summed E-state index contributed by atoms with van der Waals surface area (Å²) < 4.78 is 2.47. The highest BCUT2D eigenvalue weighted by molar-refractivity contribution is 9.10. The Morgan fingerprint density at radius 2 is 1.77 bits per heavy atom. The van der Waals surface area contributed by atoms with Gasteiger partial charge in [-0.05, 0) is 82.2 Å². The molecule has 0 unspecified atom stereocenters. The number of halogens is 1. The molecule has 2 heterocycles. The van der Waals surface area contributed by atoms with Crippen molar-refractivity contribution < 1.29 is 9.90 Å². The number of phenols is 1. The average Bonchev–Trinajstić information content (AvgIpc) is 3.37. The Kier molecular flexibility index (Phi) is 7.51. The second kappa shape index (κ2) is 11.5. The number of hydrogen-bond acceptors (Lipinski definition) is 5. The Hall–Kier alpha value is -4.17. The van der Waals surface area contributed by atoms with Crippen LogP contribution in [0.2, 0.25) is 0 Å². The molecule has 0 spiro atoms. The van der Waals surface area contributed by atoms with Crippen molar-refractivity contribution in [3.63, 3.8) is 0 Å². The van der Waals surface area contributed by atoms with Crippen LogP contribution in [0.4, 0.5) is 11.5 Å². The van der Waals surface area contributed by atoms with Gasteiger partial charge in [-0.25, -0.2) is 4.98 Å². The van der Waals surface area contributed by atoms with E-state index >= 15 is 0 Å². The number of aromatic nitrogens is 3. The fourth-order valence-electron chi connectivity index (χ4n) is 5.39. The number of nitrogens with one attached hydrogen (secondary N) is 2. The van der Waals surface area contributed by atoms with E-state index in [0.717, 1.165) is 21.5 Å². The summed E-state index contributed by atoms with van der Waals surface area (Å²) in [6, 6.07) is 24.9. The summed E-state index contributed by atoms with van der Waals surface area (Å²) in [6.07, 6.45) is 8.10. The van der Waals surface area contributed by atoms with Gasteiger partial charge in [0.2, 0.25) is 0 Å². The summed E-state index contributed by atoms with van der Waals surface area (Å²) in [5, 5.41) is 21.3. The van der Waals surface area contributed by atoms with E-state index in [-0.39, 0.29) is 11.7 Å². The lowest BCUT2D eigenvalue weighted by atomic mass is 9.84. The molecule has 2 aromatic heterocycles. The van der Waals surface area contributed by atoms with Gasteiger partial charge >= 0.3 is 0 Å².